The summed E-state index contributed by atoms with van der Waals surface area (Å²) in [6.07, 6.45) is 3.52. The maximum absolute atomic E-state index is 5.15. The van der Waals surface area contributed by atoms with E-state index < -0.39 is 0 Å². The molecule has 2 heterocycles. The molecule has 0 amide bonds. The van der Waals surface area contributed by atoms with Crippen molar-refractivity contribution in [2.75, 3.05) is 0 Å². The molecule has 1 saturated carbocycles. The van der Waals surface area contributed by atoms with Crippen molar-refractivity contribution in [3.05, 3.63) is 15.5 Å². The number of nitrogens with one attached hydrogen (secondary N) is 1. The fourth-order valence-corrected chi connectivity index (χ4v) is 3.32. The third-order valence-electron chi connectivity index (χ3n) is 3.06. The molecule has 0 spiro atoms. The van der Waals surface area contributed by atoms with E-state index in [0.29, 0.717) is 10.7 Å². The highest BCUT2D eigenvalue weighted by Gasteiger charge is 2.29. The average Bonchev–Trinajstić information content (AvgIpc) is 3.02. The van der Waals surface area contributed by atoms with E-state index in [4.69, 9.17) is 17.2 Å². The van der Waals surface area contributed by atoms with Crippen LogP contribution in [0.5, 0.6) is 0 Å². The van der Waals surface area contributed by atoms with Gasteiger partial charge in [0.05, 0.1) is 15.6 Å². The molecular formula is C11H14N4S2. The van der Waals surface area contributed by atoms with Gasteiger partial charge in [0.25, 0.3) is 0 Å². The molecule has 3 rings (SSSR count). The smallest absolute Gasteiger partial charge is 0.195 e. The van der Waals surface area contributed by atoms with Crippen molar-refractivity contribution < 1.29 is 0 Å². The molecule has 0 saturated heterocycles. The lowest BCUT2D eigenvalue weighted by molar-refractivity contribution is 0.899. The molecule has 0 radical (unpaired) electrons. The third-order valence-corrected chi connectivity index (χ3v) is 4.68. The third kappa shape index (κ3) is 1.85. The number of rotatable bonds is 3. The van der Waals surface area contributed by atoms with E-state index in [1.807, 2.05) is 11.6 Å². The maximum atomic E-state index is 5.15. The van der Waals surface area contributed by atoms with Gasteiger partial charge in [-0.05, 0) is 31.5 Å². The summed E-state index contributed by atoms with van der Waals surface area (Å²) in [5, 5.41) is 8.41. The molecule has 0 atom stereocenters. The lowest BCUT2D eigenvalue weighted by atomic mass is 10.3. The molecule has 6 heteroatoms. The predicted molar refractivity (Wildman–Crippen MR) is 70.9 cm³/mol. The number of thiazole rings is 1. The molecule has 1 N–H and O–H groups in total. The van der Waals surface area contributed by atoms with Gasteiger partial charge in [-0.1, -0.05) is 6.92 Å². The topological polar surface area (TPSA) is 46.5 Å². The van der Waals surface area contributed by atoms with Crippen LogP contribution >= 0.6 is 23.6 Å². The number of H-pyrrole nitrogens is 1. The van der Waals surface area contributed by atoms with Crippen LogP contribution in [0.4, 0.5) is 0 Å². The van der Waals surface area contributed by atoms with Gasteiger partial charge in [-0.3, -0.25) is 5.10 Å². The van der Waals surface area contributed by atoms with Gasteiger partial charge in [-0.25, -0.2) is 4.98 Å². The largest absolute Gasteiger partial charge is 0.303 e. The van der Waals surface area contributed by atoms with Crippen LogP contribution in [0.1, 0.15) is 36.4 Å². The molecule has 1 fully saturated rings. The number of hydrogen-bond donors (Lipinski definition) is 1. The van der Waals surface area contributed by atoms with Gasteiger partial charge in [-0.2, -0.15) is 5.10 Å². The van der Waals surface area contributed by atoms with Gasteiger partial charge in [0, 0.05) is 13.0 Å². The van der Waals surface area contributed by atoms with E-state index >= 15 is 0 Å². The van der Waals surface area contributed by atoms with Gasteiger partial charge in [-0.15, -0.1) is 11.3 Å². The highest BCUT2D eigenvalue weighted by Crippen LogP contribution is 2.44. The van der Waals surface area contributed by atoms with Crippen LogP contribution in [0.25, 0.3) is 10.7 Å². The quantitative estimate of drug-likeness (QED) is 0.869. The van der Waals surface area contributed by atoms with Gasteiger partial charge >= 0.3 is 0 Å². The van der Waals surface area contributed by atoms with E-state index in [0.717, 1.165) is 17.9 Å². The summed E-state index contributed by atoms with van der Waals surface area (Å²) in [5.41, 5.74) is 1.15. The summed E-state index contributed by atoms with van der Waals surface area (Å²) in [7, 11) is 1.94. The second-order valence-corrected chi connectivity index (χ2v) is 5.78. The summed E-state index contributed by atoms with van der Waals surface area (Å²) < 4.78 is 2.57. The molecule has 17 heavy (non-hydrogen) atoms. The number of aryl methyl sites for hydroxylation is 1. The molecule has 2 aromatic rings. The lowest BCUT2D eigenvalue weighted by Crippen LogP contribution is -1.93. The Morgan fingerprint density at radius 2 is 2.29 bits per heavy atom. The number of aromatic nitrogens is 4. The van der Waals surface area contributed by atoms with Crippen LogP contribution in [0.2, 0.25) is 0 Å². The SMILES string of the molecule is CCc1nc(C2CC2)sc1-c1n[nH]c(=S)n1C. The second kappa shape index (κ2) is 4.03. The Bertz CT molecular complexity index is 603. The molecule has 1 aliphatic rings. The highest BCUT2D eigenvalue weighted by molar-refractivity contribution is 7.71. The first-order valence-corrected chi connectivity index (χ1v) is 7.04. The molecule has 1 aliphatic carbocycles. The van der Waals surface area contributed by atoms with E-state index in [1.54, 1.807) is 11.3 Å². The van der Waals surface area contributed by atoms with E-state index in [-0.39, 0.29) is 0 Å². The minimum absolute atomic E-state index is 0.656. The van der Waals surface area contributed by atoms with Crippen molar-refractivity contribution in [3.63, 3.8) is 0 Å². The summed E-state index contributed by atoms with van der Waals surface area (Å²) >= 11 is 6.93. The van der Waals surface area contributed by atoms with E-state index in [9.17, 15) is 0 Å². The van der Waals surface area contributed by atoms with Crippen LogP contribution < -0.4 is 0 Å². The first-order valence-electron chi connectivity index (χ1n) is 5.82. The van der Waals surface area contributed by atoms with Crippen molar-refractivity contribution in [1.82, 2.24) is 19.7 Å². The second-order valence-electron chi connectivity index (χ2n) is 4.37. The van der Waals surface area contributed by atoms with Crippen molar-refractivity contribution in [1.29, 1.82) is 0 Å². The van der Waals surface area contributed by atoms with Gasteiger partial charge in [0.2, 0.25) is 0 Å². The molecule has 0 aliphatic heterocycles. The van der Waals surface area contributed by atoms with Crippen molar-refractivity contribution >= 4 is 23.6 Å². The van der Waals surface area contributed by atoms with Crippen molar-refractivity contribution in [2.45, 2.75) is 32.1 Å². The van der Waals surface area contributed by atoms with Crippen LogP contribution in [0.3, 0.4) is 0 Å². The first kappa shape index (κ1) is 11.1. The standard InChI is InChI=1S/C11H14N4S2/c1-3-7-8(9-13-14-11(16)15(9)2)17-10(12-7)6-4-5-6/h6H,3-5H2,1-2H3,(H,14,16). The Morgan fingerprint density at radius 1 is 1.53 bits per heavy atom. The van der Waals surface area contributed by atoms with Crippen molar-refractivity contribution in [2.24, 2.45) is 7.05 Å². The summed E-state index contributed by atoms with van der Waals surface area (Å²) in [6.45, 7) is 2.14. The molecule has 2 aromatic heterocycles. The van der Waals surface area contributed by atoms with Gasteiger partial charge in [0.15, 0.2) is 10.6 Å². The minimum Gasteiger partial charge on any atom is -0.303 e. The Labute approximate surface area is 109 Å². The van der Waals surface area contributed by atoms with Crippen LogP contribution in [-0.4, -0.2) is 19.7 Å². The zero-order chi connectivity index (χ0) is 12.0. The first-order chi connectivity index (χ1) is 8.20. The molecule has 90 valence electrons. The minimum atomic E-state index is 0.656. The summed E-state index contributed by atoms with van der Waals surface area (Å²) in [5.74, 6) is 1.61. The van der Waals surface area contributed by atoms with Crippen LogP contribution in [0, 0.1) is 4.77 Å². The molecular weight excluding hydrogens is 252 g/mol. The van der Waals surface area contributed by atoms with Crippen LogP contribution in [0.15, 0.2) is 0 Å². The monoisotopic (exact) mass is 266 g/mol. The number of hydrogen-bond acceptors (Lipinski definition) is 4. The highest BCUT2D eigenvalue weighted by atomic mass is 32.1. The number of nitrogens with zero attached hydrogens (tertiary/aromatic N) is 3. The number of aromatic amines is 1. The van der Waals surface area contributed by atoms with Gasteiger partial charge < -0.3 is 4.57 Å². The Balaban J connectivity index is 2.12. The van der Waals surface area contributed by atoms with Gasteiger partial charge in [0.1, 0.15) is 0 Å². The summed E-state index contributed by atoms with van der Waals surface area (Å²) in [6, 6.07) is 0. The van der Waals surface area contributed by atoms with E-state index in [2.05, 4.69) is 17.1 Å². The molecule has 0 unspecified atom stereocenters. The fourth-order valence-electron chi connectivity index (χ4n) is 1.84. The Morgan fingerprint density at radius 3 is 2.82 bits per heavy atom. The zero-order valence-electron chi connectivity index (χ0n) is 9.86. The molecule has 4 nitrogen and oxygen atoms in total. The van der Waals surface area contributed by atoms with Crippen LogP contribution in [-0.2, 0) is 13.5 Å². The Kier molecular flexibility index (Phi) is 2.63. The fraction of sp³-hybridized carbons (Fsp3) is 0.545. The van der Waals surface area contributed by atoms with E-state index in [1.165, 1.54) is 22.7 Å². The molecule has 0 aromatic carbocycles. The predicted octanol–water partition coefficient (Wildman–Crippen LogP) is 3.04. The Hall–Kier alpha value is -1.01. The lowest BCUT2D eigenvalue weighted by Gasteiger charge is -1.98. The zero-order valence-corrected chi connectivity index (χ0v) is 11.5. The van der Waals surface area contributed by atoms with Crippen molar-refractivity contribution in [3.8, 4) is 10.7 Å². The summed E-state index contributed by atoms with van der Waals surface area (Å²) in [4.78, 5) is 5.91. The molecule has 0 bridgehead atoms. The normalized spacial score (nSPS) is 15.4. The average molecular weight is 266 g/mol. The maximum Gasteiger partial charge on any atom is 0.195 e.